The number of hydrogen-bond acceptors (Lipinski definition) is 2. The highest BCUT2D eigenvalue weighted by Crippen LogP contribution is 2.15. The number of amides is 1. The lowest BCUT2D eigenvalue weighted by atomic mass is 10.3. The molecule has 4 nitrogen and oxygen atoms in total. The molecule has 0 fully saturated rings. The molecule has 1 aromatic rings. The van der Waals surface area contributed by atoms with E-state index in [0.29, 0.717) is 11.4 Å². The van der Waals surface area contributed by atoms with E-state index in [1.807, 2.05) is 0 Å². The standard InChI is InChI=1S/C8H7N3O/c1-6(12)10-7-2-4-8(11-9)5-3-7/h2-5H,1H3/p+1. The van der Waals surface area contributed by atoms with E-state index in [4.69, 9.17) is 5.39 Å². The summed E-state index contributed by atoms with van der Waals surface area (Å²) in [6.07, 6.45) is 0. The Morgan fingerprint density at radius 3 is 2.42 bits per heavy atom. The van der Waals surface area contributed by atoms with Crippen molar-refractivity contribution in [2.75, 3.05) is 5.32 Å². The molecule has 0 aliphatic rings. The largest absolute Gasteiger partial charge is 0.385 e. The van der Waals surface area contributed by atoms with Gasteiger partial charge in [-0.1, -0.05) is 0 Å². The van der Waals surface area contributed by atoms with Crippen molar-refractivity contribution >= 4 is 17.3 Å². The van der Waals surface area contributed by atoms with Crippen molar-refractivity contribution < 1.29 is 4.79 Å². The number of nitrogens with one attached hydrogen (secondary N) is 1. The molecule has 60 valence electrons. The van der Waals surface area contributed by atoms with Gasteiger partial charge >= 0.3 is 5.69 Å². The highest BCUT2D eigenvalue weighted by Gasteiger charge is 2.02. The van der Waals surface area contributed by atoms with Crippen molar-refractivity contribution in [3.63, 3.8) is 0 Å². The van der Waals surface area contributed by atoms with Gasteiger partial charge in [-0.3, -0.25) is 4.79 Å². The number of carbonyl (C=O) groups is 1. The van der Waals surface area contributed by atoms with Gasteiger partial charge in [0, 0.05) is 24.7 Å². The van der Waals surface area contributed by atoms with Gasteiger partial charge in [0.1, 0.15) is 0 Å². The Morgan fingerprint density at radius 2 is 2.00 bits per heavy atom. The lowest BCUT2D eigenvalue weighted by Gasteiger charge is -1.97. The summed E-state index contributed by atoms with van der Waals surface area (Å²) in [5, 5.41) is 10.9. The fourth-order valence-corrected chi connectivity index (χ4v) is 0.815. The number of anilines is 1. The average molecular weight is 162 g/mol. The van der Waals surface area contributed by atoms with Crippen molar-refractivity contribution in [2.45, 2.75) is 6.92 Å². The van der Waals surface area contributed by atoms with Crippen LogP contribution in [0.1, 0.15) is 6.92 Å². The molecule has 0 atom stereocenters. The monoisotopic (exact) mass is 162 g/mol. The number of hydrogen-bond donors (Lipinski definition) is 1. The van der Waals surface area contributed by atoms with Crippen molar-refractivity contribution in [1.82, 2.24) is 0 Å². The van der Waals surface area contributed by atoms with Crippen LogP contribution in [0.5, 0.6) is 0 Å². The van der Waals surface area contributed by atoms with Gasteiger partial charge in [-0.15, -0.1) is 0 Å². The molecule has 0 aromatic heterocycles. The second-order valence-corrected chi connectivity index (χ2v) is 2.33. The highest BCUT2D eigenvalue weighted by molar-refractivity contribution is 5.88. The lowest BCUT2D eigenvalue weighted by Crippen LogP contribution is -2.04. The Bertz CT molecular complexity index is 323. The Kier molecular flexibility index (Phi) is 2.38. The molecule has 0 radical (unpaired) electrons. The van der Waals surface area contributed by atoms with Crippen LogP contribution < -0.4 is 5.32 Å². The number of diazo groups is 1. The van der Waals surface area contributed by atoms with E-state index >= 15 is 0 Å². The minimum atomic E-state index is -0.122. The number of rotatable bonds is 1. The van der Waals surface area contributed by atoms with Crippen LogP contribution in [0.3, 0.4) is 0 Å². The van der Waals surface area contributed by atoms with Gasteiger partial charge in [0.15, 0.2) is 4.98 Å². The van der Waals surface area contributed by atoms with Gasteiger partial charge < -0.3 is 5.32 Å². The van der Waals surface area contributed by atoms with E-state index in [9.17, 15) is 4.79 Å². The maximum Gasteiger partial charge on any atom is 0.385 e. The van der Waals surface area contributed by atoms with E-state index in [2.05, 4.69) is 10.3 Å². The molecule has 1 rings (SSSR count). The molecule has 0 aliphatic carbocycles. The zero-order valence-electron chi connectivity index (χ0n) is 6.61. The zero-order valence-corrected chi connectivity index (χ0v) is 6.61. The predicted octanol–water partition coefficient (Wildman–Crippen LogP) is 2.13. The molecule has 1 amide bonds. The van der Waals surface area contributed by atoms with Gasteiger partial charge in [0.25, 0.3) is 0 Å². The smallest absolute Gasteiger partial charge is 0.326 e. The molecule has 1 N–H and O–H groups in total. The Morgan fingerprint density at radius 1 is 1.42 bits per heavy atom. The van der Waals surface area contributed by atoms with Gasteiger partial charge in [-0.05, 0) is 12.1 Å². The van der Waals surface area contributed by atoms with Crippen LogP contribution in [0.4, 0.5) is 11.4 Å². The summed E-state index contributed by atoms with van der Waals surface area (Å²) in [5.41, 5.74) is 1.15. The second kappa shape index (κ2) is 3.49. The maximum absolute atomic E-state index is 10.6. The molecule has 12 heavy (non-hydrogen) atoms. The topological polar surface area (TPSA) is 57.2 Å². The first-order chi connectivity index (χ1) is 5.72. The Labute approximate surface area is 69.8 Å². The third-order valence-corrected chi connectivity index (χ3v) is 1.30. The van der Waals surface area contributed by atoms with Crippen LogP contribution in [0, 0.1) is 5.39 Å². The van der Waals surface area contributed by atoms with Crippen LogP contribution in [0.2, 0.25) is 0 Å². The molecule has 4 heteroatoms. The van der Waals surface area contributed by atoms with Gasteiger partial charge in [0.2, 0.25) is 11.3 Å². The van der Waals surface area contributed by atoms with Crippen molar-refractivity contribution in [2.24, 2.45) is 0 Å². The number of benzene rings is 1. The SMILES string of the molecule is CC(=O)Nc1ccc([N+]#N)cc1. The summed E-state index contributed by atoms with van der Waals surface area (Å²) >= 11 is 0. The molecule has 0 heterocycles. The van der Waals surface area contributed by atoms with Gasteiger partial charge in [-0.25, -0.2) is 0 Å². The molecular weight excluding hydrogens is 154 g/mol. The molecule has 0 spiro atoms. The molecule has 0 saturated heterocycles. The summed E-state index contributed by atoms with van der Waals surface area (Å²) in [6, 6.07) is 6.53. The molecule has 0 aliphatic heterocycles. The first-order valence-electron chi connectivity index (χ1n) is 3.45. The van der Waals surface area contributed by atoms with E-state index in [-0.39, 0.29) is 5.91 Å². The highest BCUT2D eigenvalue weighted by atomic mass is 16.1. The van der Waals surface area contributed by atoms with Crippen LogP contribution in [-0.2, 0) is 4.79 Å². The summed E-state index contributed by atoms with van der Waals surface area (Å²) in [5.74, 6) is -0.122. The lowest BCUT2D eigenvalue weighted by molar-refractivity contribution is -0.114. The fourth-order valence-electron chi connectivity index (χ4n) is 0.815. The summed E-state index contributed by atoms with van der Waals surface area (Å²) in [7, 11) is 0. The first-order valence-corrected chi connectivity index (χ1v) is 3.45. The minimum Gasteiger partial charge on any atom is -0.326 e. The summed E-state index contributed by atoms with van der Waals surface area (Å²) < 4.78 is 0. The second-order valence-electron chi connectivity index (χ2n) is 2.33. The first kappa shape index (κ1) is 8.21. The number of nitrogens with zero attached hydrogens (tertiary/aromatic N) is 2. The van der Waals surface area contributed by atoms with Crippen LogP contribution in [-0.4, -0.2) is 5.91 Å². The predicted molar refractivity (Wildman–Crippen MR) is 45.5 cm³/mol. The Balaban J connectivity index is 2.80. The van der Waals surface area contributed by atoms with Crippen LogP contribution >= 0.6 is 0 Å². The van der Waals surface area contributed by atoms with Crippen LogP contribution in [0.15, 0.2) is 24.3 Å². The van der Waals surface area contributed by atoms with E-state index in [0.717, 1.165) is 0 Å². The van der Waals surface area contributed by atoms with Crippen molar-refractivity contribution in [1.29, 1.82) is 5.39 Å². The normalized spacial score (nSPS) is 8.67. The number of carbonyl (C=O) groups excluding carboxylic acids is 1. The molecule has 0 saturated carbocycles. The quantitative estimate of drug-likeness (QED) is 0.643. The average Bonchev–Trinajstić information content (AvgIpc) is 2.05. The minimum absolute atomic E-state index is 0.122. The molecule has 0 bridgehead atoms. The third kappa shape index (κ3) is 2.06. The third-order valence-electron chi connectivity index (χ3n) is 1.30. The molecular formula is C8H8N3O+. The van der Waals surface area contributed by atoms with Crippen LogP contribution in [0.25, 0.3) is 4.98 Å². The van der Waals surface area contributed by atoms with Crippen molar-refractivity contribution in [3.05, 3.63) is 29.2 Å². The summed E-state index contributed by atoms with van der Waals surface area (Å²) in [4.78, 5) is 13.6. The zero-order chi connectivity index (χ0) is 8.97. The molecule has 0 unspecified atom stereocenters. The van der Waals surface area contributed by atoms with E-state index in [1.165, 1.54) is 6.92 Å². The van der Waals surface area contributed by atoms with Crippen molar-refractivity contribution in [3.8, 4) is 0 Å². The van der Waals surface area contributed by atoms with E-state index < -0.39 is 0 Å². The Hall–Kier alpha value is -1.89. The van der Waals surface area contributed by atoms with Gasteiger partial charge in [0.05, 0.1) is 0 Å². The molecule has 1 aromatic carbocycles. The van der Waals surface area contributed by atoms with E-state index in [1.54, 1.807) is 24.3 Å². The summed E-state index contributed by atoms with van der Waals surface area (Å²) in [6.45, 7) is 1.43. The fraction of sp³-hybridized carbons (Fsp3) is 0.125. The maximum atomic E-state index is 10.6. The van der Waals surface area contributed by atoms with Gasteiger partial charge in [-0.2, -0.15) is 0 Å².